The third-order valence-electron chi connectivity index (χ3n) is 2.57. The number of aliphatic hydroxyl groups excluding tert-OH is 2. The summed E-state index contributed by atoms with van der Waals surface area (Å²) < 4.78 is 10.2. The van der Waals surface area contributed by atoms with E-state index in [2.05, 4.69) is 12.2 Å². The molecule has 2 atom stereocenters. The predicted octanol–water partition coefficient (Wildman–Crippen LogP) is 0.541. The number of aliphatic hydroxyl groups is 2. The number of ether oxygens (including phenoxy) is 2. The van der Waals surface area contributed by atoms with Gasteiger partial charge in [0.05, 0.1) is 25.4 Å². The van der Waals surface area contributed by atoms with Crippen molar-refractivity contribution >= 4 is 0 Å². The Morgan fingerprint density at radius 2 is 1.67 bits per heavy atom. The van der Waals surface area contributed by atoms with Gasteiger partial charge >= 0.3 is 0 Å². The minimum Gasteiger partial charge on any atom is -0.389 e. The molecule has 0 spiro atoms. The molecule has 0 aliphatic heterocycles. The topological polar surface area (TPSA) is 71.0 Å². The summed E-state index contributed by atoms with van der Waals surface area (Å²) in [6.07, 6.45) is 3.65. The van der Waals surface area contributed by atoms with E-state index >= 15 is 0 Å². The lowest BCUT2D eigenvalue weighted by molar-refractivity contribution is 0.0297. The maximum absolute atomic E-state index is 9.59. The molecule has 0 amide bonds. The normalized spacial score (nSPS) is 14.7. The molecular weight excluding hydrogens is 234 g/mol. The second-order valence-electron chi connectivity index (χ2n) is 4.56. The van der Waals surface area contributed by atoms with Crippen molar-refractivity contribution in [3.05, 3.63) is 0 Å². The lowest BCUT2D eigenvalue weighted by Crippen LogP contribution is -2.36. The van der Waals surface area contributed by atoms with Gasteiger partial charge in [0.25, 0.3) is 0 Å². The molecule has 0 radical (unpaired) electrons. The van der Waals surface area contributed by atoms with Gasteiger partial charge in [0, 0.05) is 26.8 Å². The Hall–Kier alpha value is -0.200. The van der Waals surface area contributed by atoms with Crippen molar-refractivity contribution in [2.24, 2.45) is 0 Å². The van der Waals surface area contributed by atoms with Crippen LogP contribution in [0.1, 0.15) is 32.6 Å². The van der Waals surface area contributed by atoms with Crippen LogP contribution in [0.5, 0.6) is 0 Å². The standard InChI is InChI=1S/C13H29NO4/c1-3-4-5-6-7-18-11-13(16)9-14-8-12(15)10-17-2/h12-16H,3-11H2,1-2H3. The number of rotatable bonds is 13. The van der Waals surface area contributed by atoms with Gasteiger partial charge in [-0.15, -0.1) is 0 Å². The molecule has 3 N–H and O–H groups in total. The minimum absolute atomic E-state index is 0.303. The summed E-state index contributed by atoms with van der Waals surface area (Å²) >= 11 is 0. The van der Waals surface area contributed by atoms with Gasteiger partial charge in [-0.1, -0.05) is 26.2 Å². The molecule has 18 heavy (non-hydrogen) atoms. The zero-order valence-corrected chi connectivity index (χ0v) is 11.7. The molecule has 5 nitrogen and oxygen atoms in total. The van der Waals surface area contributed by atoms with Crippen LogP contribution in [0.3, 0.4) is 0 Å². The molecule has 0 fully saturated rings. The third-order valence-corrected chi connectivity index (χ3v) is 2.57. The highest BCUT2D eigenvalue weighted by Crippen LogP contribution is 1.99. The van der Waals surface area contributed by atoms with Gasteiger partial charge in [-0.2, -0.15) is 0 Å². The fraction of sp³-hybridized carbons (Fsp3) is 1.00. The SMILES string of the molecule is CCCCCCOCC(O)CNCC(O)COC. The highest BCUT2D eigenvalue weighted by atomic mass is 16.5. The maximum Gasteiger partial charge on any atom is 0.0897 e. The van der Waals surface area contributed by atoms with Gasteiger partial charge in [0.1, 0.15) is 0 Å². The largest absolute Gasteiger partial charge is 0.389 e. The van der Waals surface area contributed by atoms with Crippen LogP contribution in [0, 0.1) is 0 Å². The van der Waals surface area contributed by atoms with Gasteiger partial charge in [-0.3, -0.25) is 0 Å². The number of hydrogen-bond donors (Lipinski definition) is 3. The number of nitrogens with one attached hydrogen (secondary N) is 1. The van der Waals surface area contributed by atoms with Crippen LogP contribution in [-0.2, 0) is 9.47 Å². The summed E-state index contributed by atoms with van der Waals surface area (Å²) in [7, 11) is 1.55. The first-order valence-electron chi connectivity index (χ1n) is 6.84. The average Bonchev–Trinajstić information content (AvgIpc) is 2.34. The molecule has 0 heterocycles. The van der Waals surface area contributed by atoms with E-state index in [1.54, 1.807) is 7.11 Å². The van der Waals surface area contributed by atoms with Crippen molar-refractivity contribution in [2.45, 2.75) is 44.8 Å². The fourth-order valence-electron chi connectivity index (χ4n) is 1.58. The quantitative estimate of drug-likeness (QED) is 0.423. The molecule has 110 valence electrons. The third kappa shape index (κ3) is 12.3. The van der Waals surface area contributed by atoms with Crippen molar-refractivity contribution in [1.29, 1.82) is 0 Å². The van der Waals surface area contributed by atoms with Crippen LogP contribution in [0.15, 0.2) is 0 Å². The molecule has 2 unspecified atom stereocenters. The van der Waals surface area contributed by atoms with Crippen LogP contribution >= 0.6 is 0 Å². The highest BCUT2D eigenvalue weighted by Gasteiger charge is 2.06. The molecule has 0 bridgehead atoms. The summed E-state index contributed by atoms with van der Waals surface area (Å²) in [4.78, 5) is 0. The summed E-state index contributed by atoms with van der Waals surface area (Å²) in [5, 5.41) is 21.9. The maximum atomic E-state index is 9.59. The average molecular weight is 263 g/mol. The van der Waals surface area contributed by atoms with Crippen LogP contribution in [0.25, 0.3) is 0 Å². The van der Waals surface area contributed by atoms with Gasteiger partial charge in [0.2, 0.25) is 0 Å². The molecule has 0 aromatic rings. The molecular formula is C13H29NO4. The number of unbranched alkanes of at least 4 members (excludes halogenated alkanes) is 3. The number of methoxy groups -OCH3 is 1. The van der Waals surface area contributed by atoms with Crippen LogP contribution in [0.2, 0.25) is 0 Å². The van der Waals surface area contributed by atoms with Crippen molar-refractivity contribution in [2.75, 3.05) is 40.0 Å². The van der Waals surface area contributed by atoms with Gasteiger partial charge in [-0.25, -0.2) is 0 Å². The number of hydrogen-bond acceptors (Lipinski definition) is 5. The fourth-order valence-corrected chi connectivity index (χ4v) is 1.58. The van der Waals surface area contributed by atoms with E-state index in [0.717, 1.165) is 6.42 Å². The summed E-state index contributed by atoms with van der Waals surface area (Å²) in [5.74, 6) is 0. The second-order valence-corrected chi connectivity index (χ2v) is 4.56. The smallest absolute Gasteiger partial charge is 0.0897 e. The first-order valence-corrected chi connectivity index (χ1v) is 6.84. The first kappa shape index (κ1) is 17.8. The molecule has 0 saturated heterocycles. The first-order chi connectivity index (χ1) is 8.70. The van der Waals surface area contributed by atoms with E-state index < -0.39 is 12.2 Å². The van der Waals surface area contributed by atoms with Crippen molar-refractivity contribution in [1.82, 2.24) is 5.32 Å². The van der Waals surface area contributed by atoms with E-state index in [1.165, 1.54) is 19.3 Å². The molecule has 5 heteroatoms. The lowest BCUT2D eigenvalue weighted by atomic mass is 10.2. The molecule has 0 aromatic carbocycles. The van der Waals surface area contributed by atoms with E-state index in [4.69, 9.17) is 9.47 Å². The van der Waals surface area contributed by atoms with E-state index in [9.17, 15) is 10.2 Å². The Morgan fingerprint density at radius 3 is 2.28 bits per heavy atom. The Morgan fingerprint density at radius 1 is 1.00 bits per heavy atom. The molecule has 0 saturated carbocycles. The van der Waals surface area contributed by atoms with Gasteiger partial charge < -0.3 is 25.0 Å². The van der Waals surface area contributed by atoms with E-state index in [1.807, 2.05) is 0 Å². The monoisotopic (exact) mass is 263 g/mol. The van der Waals surface area contributed by atoms with Crippen molar-refractivity contribution in [3.8, 4) is 0 Å². The summed E-state index contributed by atoms with van der Waals surface area (Å²) in [5.41, 5.74) is 0. The predicted molar refractivity (Wildman–Crippen MR) is 71.7 cm³/mol. The van der Waals surface area contributed by atoms with Crippen LogP contribution in [0.4, 0.5) is 0 Å². The van der Waals surface area contributed by atoms with E-state index in [0.29, 0.717) is 32.9 Å². The van der Waals surface area contributed by atoms with Crippen LogP contribution in [-0.4, -0.2) is 62.4 Å². The van der Waals surface area contributed by atoms with Crippen LogP contribution < -0.4 is 5.32 Å². The van der Waals surface area contributed by atoms with Crippen molar-refractivity contribution < 1.29 is 19.7 Å². The van der Waals surface area contributed by atoms with E-state index in [-0.39, 0.29) is 0 Å². The Kier molecular flexibility index (Phi) is 13.1. The summed E-state index contributed by atoms with van der Waals surface area (Å²) in [6, 6.07) is 0. The molecule has 0 aromatic heterocycles. The Bertz CT molecular complexity index is 169. The molecule has 0 aliphatic carbocycles. The van der Waals surface area contributed by atoms with Gasteiger partial charge in [-0.05, 0) is 6.42 Å². The Labute approximate surface area is 110 Å². The molecule has 0 aliphatic rings. The summed E-state index contributed by atoms with van der Waals surface area (Å²) in [6.45, 7) is 4.38. The Balaban J connectivity index is 3.24. The zero-order valence-electron chi connectivity index (χ0n) is 11.7. The lowest BCUT2D eigenvalue weighted by Gasteiger charge is -2.14. The van der Waals surface area contributed by atoms with Gasteiger partial charge in [0.15, 0.2) is 0 Å². The zero-order chi connectivity index (χ0) is 13.6. The second kappa shape index (κ2) is 13.2. The highest BCUT2D eigenvalue weighted by molar-refractivity contribution is 4.62. The van der Waals surface area contributed by atoms with Crippen molar-refractivity contribution in [3.63, 3.8) is 0 Å². The minimum atomic E-state index is -0.530. The molecule has 0 rings (SSSR count).